The summed E-state index contributed by atoms with van der Waals surface area (Å²) in [4.78, 5) is 28.4. The standard InChI is InChI=1S/C25H26N2O5/c28-22-7-3-4-8-23(22)31-16-11-24(29)26-12-14-27(15-13-26)25(30)18-32-21-10-9-19-5-1-2-6-20(19)17-21/h1-10,17,28H,11-16,18H2. The van der Waals surface area contributed by atoms with Crippen LogP contribution in [0.1, 0.15) is 6.42 Å². The highest BCUT2D eigenvalue weighted by atomic mass is 16.5. The Labute approximate surface area is 186 Å². The van der Waals surface area contributed by atoms with E-state index >= 15 is 0 Å². The van der Waals surface area contributed by atoms with Crippen molar-refractivity contribution in [1.82, 2.24) is 9.80 Å². The van der Waals surface area contributed by atoms with Gasteiger partial charge in [-0.2, -0.15) is 0 Å². The highest BCUT2D eigenvalue weighted by Gasteiger charge is 2.24. The number of ether oxygens (including phenoxy) is 2. The Balaban J connectivity index is 1.19. The SMILES string of the molecule is O=C(CCOc1ccccc1O)N1CCN(C(=O)COc2ccc3ccccc3c2)CC1. The van der Waals surface area contributed by atoms with Crippen molar-refractivity contribution in [2.45, 2.75) is 6.42 Å². The van der Waals surface area contributed by atoms with Crippen molar-refractivity contribution in [3.8, 4) is 17.2 Å². The molecule has 0 unspecified atom stereocenters. The quantitative estimate of drug-likeness (QED) is 0.618. The molecule has 7 heteroatoms. The number of phenols is 1. The van der Waals surface area contributed by atoms with Crippen molar-refractivity contribution in [3.63, 3.8) is 0 Å². The van der Waals surface area contributed by atoms with Gasteiger partial charge in [-0.15, -0.1) is 0 Å². The Morgan fingerprint density at radius 2 is 1.44 bits per heavy atom. The van der Waals surface area contributed by atoms with Gasteiger partial charge in [-0.05, 0) is 35.0 Å². The van der Waals surface area contributed by atoms with Crippen LogP contribution in [0.25, 0.3) is 10.8 Å². The lowest BCUT2D eigenvalue weighted by molar-refractivity contribution is -0.141. The minimum Gasteiger partial charge on any atom is -0.504 e. The van der Waals surface area contributed by atoms with Crippen LogP contribution in [-0.4, -0.2) is 66.1 Å². The molecule has 0 spiro atoms. The van der Waals surface area contributed by atoms with Gasteiger partial charge in [-0.1, -0.05) is 42.5 Å². The molecule has 0 atom stereocenters. The number of aromatic hydroxyl groups is 1. The maximum Gasteiger partial charge on any atom is 0.260 e. The molecule has 7 nitrogen and oxygen atoms in total. The predicted molar refractivity (Wildman–Crippen MR) is 121 cm³/mol. The fourth-order valence-corrected chi connectivity index (χ4v) is 3.68. The summed E-state index contributed by atoms with van der Waals surface area (Å²) in [5, 5.41) is 11.9. The topological polar surface area (TPSA) is 79.3 Å². The molecule has 4 rings (SSSR count). The van der Waals surface area contributed by atoms with E-state index in [1.807, 2.05) is 42.5 Å². The van der Waals surface area contributed by atoms with E-state index in [0.29, 0.717) is 37.7 Å². The van der Waals surface area contributed by atoms with Crippen LogP contribution in [0.2, 0.25) is 0 Å². The fourth-order valence-electron chi connectivity index (χ4n) is 3.68. The molecule has 1 aliphatic heterocycles. The van der Waals surface area contributed by atoms with Crippen LogP contribution in [0.15, 0.2) is 66.7 Å². The average Bonchev–Trinajstić information content (AvgIpc) is 2.83. The summed E-state index contributed by atoms with van der Waals surface area (Å²) < 4.78 is 11.2. The second-order valence-electron chi connectivity index (χ2n) is 7.63. The number of nitrogens with zero attached hydrogens (tertiary/aromatic N) is 2. The number of carbonyl (C=O) groups is 2. The highest BCUT2D eigenvalue weighted by molar-refractivity contribution is 5.84. The summed E-state index contributed by atoms with van der Waals surface area (Å²) in [5.74, 6) is 0.962. The second-order valence-corrected chi connectivity index (χ2v) is 7.63. The van der Waals surface area contributed by atoms with Crippen molar-refractivity contribution in [2.24, 2.45) is 0 Å². The fraction of sp³-hybridized carbons (Fsp3) is 0.280. The molecule has 1 aliphatic rings. The van der Waals surface area contributed by atoms with E-state index < -0.39 is 0 Å². The second kappa shape index (κ2) is 10.0. The van der Waals surface area contributed by atoms with Gasteiger partial charge >= 0.3 is 0 Å². The molecule has 0 radical (unpaired) electrons. The van der Waals surface area contributed by atoms with Crippen molar-refractivity contribution in [1.29, 1.82) is 0 Å². The van der Waals surface area contributed by atoms with E-state index in [-0.39, 0.29) is 37.2 Å². The lowest BCUT2D eigenvalue weighted by Crippen LogP contribution is -2.51. The molecule has 1 heterocycles. The third-order valence-electron chi connectivity index (χ3n) is 5.51. The Kier molecular flexibility index (Phi) is 6.75. The lowest BCUT2D eigenvalue weighted by Gasteiger charge is -2.34. The monoisotopic (exact) mass is 434 g/mol. The smallest absolute Gasteiger partial charge is 0.260 e. The van der Waals surface area contributed by atoms with E-state index in [1.54, 1.807) is 28.0 Å². The minimum atomic E-state index is -0.0897. The molecule has 32 heavy (non-hydrogen) atoms. The third kappa shape index (κ3) is 5.29. The van der Waals surface area contributed by atoms with Crippen molar-refractivity contribution >= 4 is 22.6 Å². The number of fused-ring (bicyclic) bond motifs is 1. The van der Waals surface area contributed by atoms with Gasteiger partial charge in [0.1, 0.15) is 5.75 Å². The maximum atomic E-state index is 12.5. The molecule has 1 N–H and O–H groups in total. The molecular formula is C25H26N2O5. The molecule has 0 aromatic heterocycles. The zero-order valence-electron chi connectivity index (χ0n) is 17.8. The molecule has 0 bridgehead atoms. The first-order valence-corrected chi connectivity index (χ1v) is 10.7. The van der Waals surface area contributed by atoms with E-state index in [9.17, 15) is 14.7 Å². The van der Waals surface area contributed by atoms with Crippen molar-refractivity contribution in [2.75, 3.05) is 39.4 Å². The van der Waals surface area contributed by atoms with Gasteiger partial charge in [-0.3, -0.25) is 9.59 Å². The average molecular weight is 434 g/mol. The molecule has 3 aromatic rings. The van der Waals surface area contributed by atoms with E-state index in [4.69, 9.17) is 9.47 Å². The van der Waals surface area contributed by atoms with Gasteiger partial charge in [0.25, 0.3) is 5.91 Å². The summed E-state index contributed by atoms with van der Waals surface area (Å²) in [5.41, 5.74) is 0. The zero-order chi connectivity index (χ0) is 22.3. The first-order valence-electron chi connectivity index (χ1n) is 10.7. The van der Waals surface area contributed by atoms with Crippen LogP contribution in [-0.2, 0) is 9.59 Å². The number of phenolic OH excluding ortho intramolecular Hbond substituents is 1. The first kappa shape index (κ1) is 21.5. The van der Waals surface area contributed by atoms with Gasteiger partial charge in [0.2, 0.25) is 5.91 Å². The molecule has 0 saturated carbocycles. The number of benzene rings is 3. The summed E-state index contributed by atoms with van der Waals surface area (Å²) in [6.45, 7) is 2.09. The first-order chi connectivity index (χ1) is 15.6. The van der Waals surface area contributed by atoms with Gasteiger partial charge in [-0.25, -0.2) is 0 Å². The Morgan fingerprint density at radius 1 is 0.781 bits per heavy atom. The van der Waals surface area contributed by atoms with Gasteiger partial charge in [0.05, 0.1) is 13.0 Å². The summed E-state index contributed by atoms with van der Waals surface area (Å²) in [6.07, 6.45) is 0.216. The predicted octanol–water partition coefficient (Wildman–Crippen LogP) is 3.06. The molecule has 1 fully saturated rings. The number of rotatable bonds is 7. The van der Waals surface area contributed by atoms with Crippen molar-refractivity contribution < 1.29 is 24.2 Å². The minimum absolute atomic E-state index is 0.0271. The van der Waals surface area contributed by atoms with Crippen LogP contribution >= 0.6 is 0 Å². The van der Waals surface area contributed by atoms with Crippen LogP contribution in [0.5, 0.6) is 17.2 Å². The molecule has 3 aromatic carbocycles. The molecule has 2 amide bonds. The van der Waals surface area contributed by atoms with Crippen LogP contribution in [0.3, 0.4) is 0 Å². The Morgan fingerprint density at radius 3 is 2.19 bits per heavy atom. The van der Waals surface area contributed by atoms with Crippen LogP contribution < -0.4 is 9.47 Å². The molecular weight excluding hydrogens is 408 g/mol. The van der Waals surface area contributed by atoms with E-state index in [0.717, 1.165) is 10.8 Å². The number of hydrogen-bond donors (Lipinski definition) is 1. The molecule has 0 aliphatic carbocycles. The lowest BCUT2D eigenvalue weighted by atomic mass is 10.1. The summed E-state index contributed by atoms with van der Waals surface area (Å²) >= 11 is 0. The number of carbonyl (C=O) groups excluding carboxylic acids is 2. The molecule has 1 saturated heterocycles. The van der Waals surface area contributed by atoms with Gasteiger partial charge in [0, 0.05) is 26.2 Å². The Bertz CT molecular complexity index is 1090. The van der Waals surface area contributed by atoms with Crippen LogP contribution in [0, 0.1) is 0 Å². The van der Waals surface area contributed by atoms with Crippen LogP contribution in [0.4, 0.5) is 0 Å². The molecule has 166 valence electrons. The van der Waals surface area contributed by atoms with E-state index in [1.165, 1.54) is 6.07 Å². The highest BCUT2D eigenvalue weighted by Crippen LogP contribution is 2.24. The summed E-state index contributed by atoms with van der Waals surface area (Å²) in [7, 11) is 0. The number of hydrogen-bond acceptors (Lipinski definition) is 5. The summed E-state index contributed by atoms with van der Waals surface area (Å²) in [6, 6.07) is 20.4. The zero-order valence-corrected chi connectivity index (χ0v) is 17.8. The number of amides is 2. The van der Waals surface area contributed by atoms with Crippen molar-refractivity contribution in [3.05, 3.63) is 66.7 Å². The largest absolute Gasteiger partial charge is 0.504 e. The normalized spacial score (nSPS) is 13.8. The Hall–Kier alpha value is -3.74. The third-order valence-corrected chi connectivity index (χ3v) is 5.51. The van der Waals surface area contributed by atoms with E-state index in [2.05, 4.69) is 0 Å². The van der Waals surface area contributed by atoms with Gasteiger partial charge in [0.15, 0.2) is 18.1 Å². The number of para-hydroxylation sites is 2. The van der Waals surface area contributed by atoms with Gasteiger partial charge < -0.3 is 24.4 Å². The maximum absolute atomic E-state index is 12.5. The number of piperazine rings is 1.